The maximum Gasteiger partial charge on any atom is 0.287 e. The van der Waals surface area contributed by atoms with Gasteiger partial charge in [0.1, 0.15) is 11.5 Å². The minimum absolute atomic E-state index is 0.00376. The van der Waals surface area contributed by atoms with Crippen molar-refractivity contribution in [2.24, 2.45) is 0 Å². The van der Waals surface area contributed by atoms with Gasteiger partial charge in [-0.2, -0.15) is 0 Å². The van der Waals surface area contributed by atoms with E-state index in [4.69, 9.17) is 8.83 Å². The summed E-state index contributed by atoms with van der Waals surface area (Å²) in [5, 5.41) is 2.75. The molecule has 0 saturated carbocycles. The zero-order chi connectivity index (χ0) is 17.2. The van der Waals surface area contributed by atoms with Gasteiger partial charge in [-0.05, 0) is 55.5 Å². The van der Waals surface area contributed by atoms with Crippen LogP contribution in [0, 0.1) is 0 Å². The zero-order valence-corrected chi connectivity index (χ0v) is 13.6. The third-order valence-electron chi connectivity index (χ3n) is 4.51. The molecule has 3 aromatic rings. The first kappa shape index (κ1) is 15.5. The highest BCUT2D eigenvalue weighted by Gasteiger charge is 2.19. The average Bonchev–Trinajstić information content (AvgIpc) is 3.32. The van der Waals surface area contributed by atoms with Crippen LogP contribution in [0.4, 0.5) is 0 Å². The van der Waals surface area contributed by atoms with Crippen molar-refractivity contribution in [2.45, 2.75) is 32.2 Å². The van der Waals surface area contributed by atoms with E-state index >= 15 is 0 Å². The molecule has 3 heterocycles. The van der Waals surface area contributed by atoms with Crippen LogP contribution in [0.1, 0.15) is 40.3 Å². The van der Waals surface area contributed by atoms with Crippen molar-refractivity contribution in [1.82, 2.24) is 10.3 Å². The fourth-order valence-electron chi connectivity index (χ4n) is 3.26. The average molecular weight is 338 g/mol. The minimum Gasteiger partial charge on any atom is -0.459 e. The van der Waals surface area contributed by atoms with Crippen LogP contribution >= 0.6 is 0 Å². The van der Waals surface area contributed by atoms with Crippen molar-refractivity contribution in [1.29, 1.82) is 0 Å². The molecular weight excluding hydrogens is 320 g/mol. The van der Waals surface area contributed by atoms with Gasteiger partial charge in [0, 0.05) is 17.3 Å². The summed E-state index contributed by atoms with van der Waals surface area (Å²) in [7, 11) is 0. The second-order valence-electron chi connectivity index (χ2n) is 6.12. The molecule has 3 aromatic heterocycles. The summed E-state index contributed by atoms with van der Waals surface area (Å²) >= 11 is 0. The summed E-state index contributed by atoms with van der Waals surface area (Å²) < 4.78 is 10.9. The first-order valence-electron chi connectivity index (χ1n) is 8.36. The van der Waals surface area contributed by atoms with Crippen LogP contribution in [0.3, 0.4) is 0 Å². The molecule has 0 bridgehead atoms. The second-order valence-corrected chi connectivity index (χ2v) is 6.12. The number of carbonyl (C=O) groups excluding carboxylic acids is 1. The number of hydrogen-bond acceptors (Lipinski definition) is 4. The van der Waals surface area contributed by atoms with Crippen LogP contribution in [0.2, 0.25) is 0 Å². The van der Waals surface area contributed by atoms with E-state index in [9.17, 15) is 9.59 Å². The van der Waals surface area contributed by atoms with Gasteiger partial charge < -0.3 is 19.1 Å². The smallest absolute Gasteiger partial charge is 0.287 e. The number of H-pyrrole nitrogens is 1. The summed E-state index contributed by atoms with van der Waals surface area (Å²) in [5.41, 5.74) is 2.87. The first-order chi connectivity index (χ1) is 12.2. The normalized spacial score (nSPS) is 13.4. The highest BCUT2D eigenvalue weighted by Crippen LogP contribution is 2.30. The molecule has 6 nitrogen and oxygen atoms in total. The lowest BCUT2D eigenvalue weighted by Gasteiger charge is -2.17. The van der Waals surface area contributed by atoms with Gasteiger partial charge in [-0.3, -0.25) is 9.59 Å². The van der Waals surface area contributed by atoms with Gasteiger partial charge in [0.05, 0.1) is 12.8 Å². The predicted molar refractivity (Wildman–Crippen MR) is 91.3 cm³/mol. The van der Waals surface area contributed by atoms with E-state index in [0.29, 0.717) is 11.5 Å². The van der Waals surface area contributed by atoms with Gasteiger partial charge in [-0.15, -0.1) is 0 Å². The van der Waals surface area contributed by atoms with Crippen molar-refractivity contribution in [3.05, 3.63) is 69.7 Å². The maximum atomic E-state index is 12.0. The van der Waals surface area contributed by atoms with Crippen molar-refractivity contribution >= 4 is 5.91 Å². The van der Waals surface area contributed by atoms with E-state index in [1.807, 2.05) is 12.1 Å². The molecule has 6 heteroatoms. The van der Waals surface area contributed by atoms with Gasteiger partial charge in [0.2, 0.25) is 0 Å². The van der Waals surface area contributed by atoms with E-state index in [2.05, 4.69) is 10.3 Å². The number of pyridine rings is 1. The molecule has 128 valence electrons. The Morgan fingerprint density at radius 3 is 2.80 bits per heavy atom. The van der Waals surface area contributed by atoms with E-state index < -0.39 is 0 Å². The fourth-order valence-corrected chi connectivity index (χ4v) is 3.26. The monoisotopic (exact) mass is 338 g/mol. The molecule has 0 atom stereocenters. The van der Waals surface area contributed by atoms with Gasteiger partial charge in [0.15, 0.2) is 5.76 Å². The lowest BCUT2D eigenvalue weighted by Crippen LogP contribution is -2.21. The largest absolute Gasteiger partial charge is 0.459 e. The van der Waals surface area contributed by atoms with E-state index in [1.165, 1.54) is 6.26 Å². The Balaban J connectivity index is 1.54. The molecule has 1 aliphatic carbocycles. The van der Waals surface area contributed by atoms with Crippen molar-refractivity contribution in [3.63, 3.8) is 0 Å². The molecule has 2 N–H and O–H groups in total. The van der Waals surface area contributed by atoms with Crippen LogP contribution in [-0.4, -0.2) is 10.9 Å². The van der Waals surface area contributed by atoms with Crippen molar-refractivity contribution in [3.8, 4) is 11.3 Å². The van der Waals surface area contributed by atoms with Crippen LogP contribution in [0.15, 0.2) is 50.4 Å². The highest BCUT2D eigenvalue weighted by molar-refractivity contribution is 5.91. The van der Waals surface area contributed by atoms with Crippen LogP contribution < -0.4 is 10.9 Å². The molecule has 1 aliphatic rings. The second kappa shape index (κ2) is 6.47. The Morgan fingerprint density at radius 1 is 1.16 bits per heavy atom. The number of fused-ring (bicyclic) bond motifs is 1. The number of carbonyl (C=O) groups is 1. The lowest BCUT2D eigenvalue weighted by molar-refractivity contribution is 0.0920. The fraction of sp³-hybridized carbons (Fsp3) is 0.263. The van der Waals surface area contributed by atoms with E-state index in [0.717, 1.165) is 42.4 Å². The Labute approximate surface area is 143 Å². The number of aromatic nitrogens is 1. The number of amides is 1. The summed E-state index contributed by atoms with van der Waals surface area (Å²) in [6, 6.07) is 6.98. The van der Waals surface area contributed by atoms with E-state index in [1.54, 1.807) is 18.3 Å². The topological polar surface area (TPSA) is 88.2 Å². The molecular formula is C19H18N2O4. The van der Waals surface area contributed by atoms with Gasteiger partial charge in [-0.1, -0.05) is 0 Å². The Bertz CT molecular complexity index is 950. The van der Waals surface area contributed by atoms with Crippen molar-refractivity contribution in [2.75, 3.05) is 0 Å². The number of furan rings is 2. The maximum absolute atomic E-state index is 12.0. The molecule has 4 rings (SSSR count). The molecule has 0 spiro atoms. The third-order valence-corrected chi connectivity index (χ3v) is 4.51. The molecule has 0 saturated heterocycles. The number of hydrogen-bond donors (Lipinski definition) is 2. The van der Waals surface area contributed by atoms with Crippen LogP contribution in [0.25, 0.3) is 11.3 Å². The Hall–Kier alpha value is -3.02. The predicted octanol–water partition coefficient (Wildman–Crippen LogP) is 3.04. The molecule has 0 aromatic carbocycles. The Morgan fingerprint density at radius 2 is 2.00 bits per heavy atom. The molecule has 0 unspecified atom stereocenters. The molecule has 25 heavy (non-hydrogen) atoms. The number of aromatic amines is 1. The van der Waals surface area contributed by atoms with Gasteiger partial charge >= 0.3 is 0 Å². The lowest BCUT2D eigenvalue weighted by atomic mass is 9.89. The molecule has 0 fully saturated rings. The summed E-state index contributed by atoms with van der Waals surface area (Å²) in [6.45, 7) is 0.269. The first-order valence-corrected chi connectivity index (χ1v) is 8.36. The summed E-state index contributed by atoms with van der Waals surface area (Å²) in [4.78, 5) is 26.7. The quantitative estimate of drug-likeness (QED) is 0.765. The zero-order valence-electron chi connectivity index (χ0n) is 13.6. The number of nitrogens with one attached hydrogen (secondary N) is 2. The van der Waals surface area contributed by atoms with Gasteiger partial charge in [-0.25, -0.2) is 0 Å². The Kier molecular flexibility index (Phi) is 4.01. The minimum atomic E-state index is -0.288. The molecule has 0 radical (unpaired) electrons. The SMILES string of the molecule is O=C(NCc1ccc(-c2c[nH]c(=O)c3c2CCCC3)o1)c1ccco1. The molecule has 1 amide bonds. The van der Waals surface area contributed by atoms with Crippen LogP contribution in [0.5, 0.6) is 0 Å². The summed E-state index contributed by atoms with van der Waals surface area (Å²) in [5.74, 6) is 1.33. The van der Waals surface area contributed by atoms with Crippen LogP contribution in [-0.2, 0) is 19.4 Å². The number of rotatable bonds is 4. The molecule has 0 aliphatic heterocycles. The van der Waals surface area contributed by atoms with E-state index in [-0.39, 0.29) is 23.8 Å². The summed E-state index contributed by atoms with van der Waals surface area (Å²) in [6.07, 6.45) is 7.00. The van der Waals surface area contributed by atoms with Crippen molar-refractivity contribution < 1.29 is 13.6 Å². The van der Waals surface area contributed by atoms with Gasteiger partial charge in [0.25, 0.3) is 11.5 Å². The standard InChI is InChI=1S/C19H18N2O4/c22-18-14-5-2-1-4-13(14)15(11-21-18)16-8-7-12(25-16)10-20-19(23)17-6-3-9-24-17/h3,6-9,11H,1-2,4-5,10H2,(H,20,23)(H,21,22). The third kappa shape index (κ3) is 3.03. The highest BCUT2D eigenvalue weighted by atomic mass is 16.3.